The Hall–Kier alpha value is -3.16. The van der Waals surface area contributed by atoms with Gasteiger partial charge in [-0.25, -0.2) is 0 Å². The van der Waals surface area contributed by atoms with Gasteiger partial charge in [0.2, 0.25) is 0 Å². The summed E-state index contributed by atoms with van der Waals surface area (Å²) in [6.07, 6.45) is 1.64. The fourth-order valence-corrected chi connectivity index (χ4v) is 3.15. The van der Waals surface area contributed by atoms with Crippen LogP contribution >= 0.6 is 0 Å². The number of nitrogens with one attached hydrogen (secondary N) is 1. The Bertz CT molecular complexity index is 1130. The van der Waals surface area contributed by atoms with Crippen molar-refractivity contribution in [3.05, 3.63) is 88.8 Å². The van der Waals surface area contributed by atoms with E-state index in [0.29, 0.717) is 11.4 Å². The highest BCUT2D eigenvalue weighted by atomic mass is 16.5. The molecule has 2 aromatic carbocycles. The normalized spacial score (nSPS) is 11.8. The van der Waals surface area contributed by atoms with Crippen molar-refractivity contribution >= 4 is 24.0 Å². The van der Waals surface area contributed by atoms with Crippen molar-refractivity contribution in [3.63, 3.8) is 0 Å². The van der Waals surface area contributed by atoms with Gasteiger partial charge in [-0.2, -0.15) is 0 Å². The van der Waals surface area contributed by atoms with Crippen molar-refractivity contribution in [2.45, 2.75) is 45.7 Å². The maximum absolute atomic E-state index is 12.8. The lowest BCUT2D eigenvalue weighted by molar-refractivity contribution is -0.0918. The SMILES string of the molecule is CB(OC(C)(C)C(C)(C)O)c1ccc(NC(=O)c2cccn(-c3ccccc3)c2=O)cc1. The molecule has 3 rings (SSSR count). The van der Waals surface area contributed by atoms with Crippen LogP contribution in [0.4, 0.5) is 5.69 Å². The van der Waals surface area contributed by atoms with Crippen LogP contribution in [0.5, 0.6) is 0 Å². The topological polar surface area (TPSA) is 80.6 Å². The van der Waals surface area contributed by atoms with Gasteiger partial charge in [-0.1, -0.05) is 37.2 Å². The highest BCUT2D eigenvalue weighted by Crippen LogP contribution is 2.25. The van der Waals surface area contributed by atoms with Crippen LogP contribution < -0.4 is 16.3 Å². The molecule has 1 heterocycles. The van der Waals surface area contributed by atoms with Gasteiger partial charge in [-0.15, -0.1) is 0 Å². The minimum absolute atomic E-state index is 0.0593. The van der Waals surface area contributed by atoms with Gasteiger partial charge in [-0.05, 0) is 69.6 Å². The zero-order chi connectivity index (χ0) is 23.5. The number of para-hydroxylation sites is 1. The third-order valence-corrected chi connectivity index (χ3v) is 5.81. The Morgan fingerprint density at radius 2 is 1.59 bits per heavy atom. The molecule has 7 heteroatoms. The standard InChI is InChI=1S/C25H29BN2O4/c1-24(2,31)25(3,4)32-26(5)18-13-15-19(16-14-18)27-22(29)21-12-9-17-28(23(21)30)20-10-7-6-8-11-20/h6-17,31H,1-5H3,(H,27,29). The lowest BCUT2D eigenvalue weighted by Gasteiger charge is -2.39. The number of hydrogen-bond donors (Lipinski definition) is 2. The van der Waals surface area contributed by atoms with E-state index in [1.807, 2.05) is 63.1 Å². The lowest BCUT2D eigenvalue weighted by atomic mass is 9.62. The first-order valence-corrected chi connectivity index (χ1v) is 10.6. The third kappa shape index (κ3) is 5.18. The predicted molar refractivity (Wildman–Crippen MR) is 129 cm³/mol. The number of pyridine rings is 1. The summed E-state index contributed by atoms with van der Waals surface area (Å²) in [7, 11) is 0. The van der Waals surface area contributed by atoms with Crippen molar-refractivity contribution in [1.82, 2.24) is 4.57 Å². The molecule has 0 bridgehead atoms. The molecule has 0 atom stereocenters. The average molecular weight is 432 g/mol. The van der Waals surface area contributed by atoms with Gasteiger partial charge >= 0.3 is 6.92 Å². The molecule has 1 amide bonds. The molecule has 166 valence electrons. The van der Waals surface area contributed by atoms with Crippen LogP contribution in [-0.4, -0.2) is 33.7 Å². The van der Waals surface area contributed by atoms with E-state index in [2.05, 4.69) is 5.32 Å². The fraction of sp³-hybridized carbons (Fsp3) is 0.280. The highest BCUT2D eigenvalue weighted by Gasteiger charge is 2.38. The molecule has 2 N–H and O–H groups in total. The van der Waals surface area contributed by atoms with Crippen molar-refractivity contribution < 1.29 is 14.6 Å². The zero-order valence-electron chi connectivity index (χ0n) is 19.1. The molecule has 6 nitrogen and oxygen atoms in total. The van der Waals surface area contributed by atoms with E-state index in [4.69, 9.17) is 4.65 Å². The molecule has 0 aliphatic rings. The van der Waals surface area contributed by atoms with Crippen LogP contribution in [0, 0.1) is 0 Å². The molecule has 0 aliphatic heterocycles. The Labute approximate surface area is 189 Å². The smallest absolute Gasteiger partial charge is 0.324 e. The Kier molecular flexibility index (Phi) is 6.72. The van der Waals surface area contributed by atoms with Crippen LogP contribution in [0.3, 0.4) is 0 Å². The Morgan fingerprint density at radius 3 is 2.19 bits per heavy atom. The van der Waals surface area contributed by atoms with E-state index < -0.39 is 17.1 Å². The van der Waals surface area contributed by atoms with E-state index in [9.17, 15) is 14.7 Å². The summed E-state index contributed by atoms with van der Waals surface area (Å²) in [5.74, 6) is -0.472. The molecule has 32 heavy (non-hydrogen) atoms. The summed E-state index contributed by atoms with van der Waals surface area (Å²) in [5, 5.41) is 13.1. The molecule has 0 unspecified atom stereocenters. The number of amides is 1. The number of aromatic nitrogens is 1. The van der Waals surface area contributed by atoms with Crippen LogP contribution in [0.2, 0.25) is 6.82 Å². The molecular weight excluding hydrogens is 403 g/mol. The van der Waals surface area contributed by atoms with Gasteiger partial charge in [0.25, 0.3) is 11.5 Å². The maximum Gasteiger partial charge on any atom is 0.324 e. The molecular formula is C25H29BN2O4. The van der Waals surface area contributed by atoms with Crippen LogP contribution in [0.1, 0.15) is 38.1 Å². The van der Waals surface area contributed by atoms with Crippen LogP contribution in [-0.2, 0) is 4.65 Å². The predicted octanol–water partition coefficient (Wildman–Crippen LogP) is 3.48. The second-order valence-corrected chi connectivity index (χ2v) is 8.84. The summed E-state index contributed by atoms with van der Waals surface area (Å²) in [4.78, 5) is 25.6. The van der Waals surface area contributed by atoms with Gasteiger partial charge in [0.05, 0.1) is 11.2 Å². The zero-order valence-corrected chi connectivity index (χ0v) is 19.1. The summed E-state index contributed by atoms with van der Waals surface area (Å²) in [5.41, 5.74) is 0.101. The number of hydrogen-bond acceptors (Lipinski definition) is 4. The molecule has 0 saturated carbocycles. The minimum Gasteiger partial charge on any atom is -0.423 e. The lowest BCUT2D eigenvalue weighted by Crippen LogP contribution is -2.52. The number of rotatable bonds is 7. The number of benzene rings is 2. The number of carbonyl (C=O) groups is 1. The second-order valence-electron chi connectivity index (χ2n) is 8.84. The summed E-state index contributed by atoms with van der Waals surface area (Å²) >= 11 is 0. The summed E-state index contributed by atoms with van der Waals surface area (Å²) < 4.78 is 7.51. The van der Waals surface area contributed by atoms with Gasteiger partial charge in [-0.3, -0.25) is 14.2 Å². The van der Waals surface area contributed by atoms with Gasteiger partial charge in [0.1, 0.15) is 5.56 Å². The van der Waals surface area contributed by atoms with Crippen molar-refractivity contribution in [2.24, 2.45) is 0 Å². The first-order valence-electron chi connectivity index (χ1n) is 10.6. The van der Waals surface area contributed by atoms with Crippen LogP contribution in [0.15, 0.2) is 77.7 Å². The maximum atomic E-state index is 12.8. The number of aliphatic hydroxyl groups is 1. The first kappa shape index (κ1) is 23.5. The van der Waals surface area contributed by atoms with Gasteiger partial charge in [0.15, 0.2) is 0 Å². The first-order chi connectivity index (χ1) is 15.0. The molecule has 0 spiro atoms. The fourth-order valence-electron chi connectivity index (χ4n) is 3.15. The van der Waals surface area contributed by atoms with Gasteiger partial charge in [0, 0.05) is 17.6 Å². The molecule has 0 saturated heterocycles. The number of anilines is 1. The molecule has 0 radical (unpaired) electrons. The van der Waals surface area contributed by atoms with Crippen molar-refractivity contribution in [1.29, 1.82) is 0 Å². The summed E-state index contributed by atoms with van der Waals surface area (Å²) in [6.45, 7) is 8.78. The second kappa shape index (κ2) is 9.14. The number of carbonyl (C=O) groups excluding carboxylic acids is 1. The summed E-state index contributed by atoms with van der Waals surface area (Å²) in [6, 6.07) is 19.6. The van der Waals surface area contributed by atoms with Gasteiger partial charge < -0.3 is 15.1 Å². The molecule has 3 aromatic rings. The Balaban J connectivity index is 1.74. The average Bonchev–Trinajstić information content (AvgIpc) is 2.74. The molecule has 0 fully saturated rings. The highest BCUT2D eigenvalue weighted by molar-refractivity contribution is 6.66. The molecule has 1 aromatic heterocycles. The van der Waals surface area contributed by atoms with E-state index in [0.717, 1.165) is 5.46 Å². The van der Waals surface area contributed by atoms with Crippen molar-refractivity contribution in [2.75, 3.05) is 5.32 Å². The minimum atomic E-state index is -1.00. The quantitative estimate of drug-likeness (QED) is 0.561. The number of nitrogens with zero attached hydrogens (tertiary/aromatic N) is 1. The van der Waals surface area contributed by atoms with Crippen LogP contribution in [0.25, 0.3) is 5.69 Å². The van der Waals surface area contributed by atoms with E-state index >= 15 is 0 Å². The van der Waals surface area contributed by atoms with E-state index in [1.54, 1.807) is 38.2 Å². The Morgan fingerprint density at radius 1 is 0.969 bits per heavy atom. The third-order valence-electron chi connectivity index (χ3n) is 5.81. The van der Waals surface area contributed by atoms with E-state index in [1.165, 1.54) is 10.6 Å². The molecule has 0 aliphatic carbocycles. The monoisotopic (exact) mass is 432 g/mol. The van der Waals surface area contributed by atoms with Crippen molar-refractivity contribution in [3.8, 4) is 5.69 Å². The largest absolute Gasteiger partial charge is 0.423 e. The van der Waals surface area contributed by atoms with E-state index in [-0.39, 0.29) is 18.0 Å².